The van der Waals surface area contributed by atoms with Gasteiger partial charge in [-0.2, -0.15) is 14.9 Å². The standard InChI is InChI=1S/C28H25F3N8O2/c1-36-24-21-11-19(9-10-23(21)35-25(32)22(24)13-33-36)27(41)38(37(2)26(40)18-7-8-18)14-16-3-5-17(6-4-16)20-12-34-39(15-20)28(29,30)31/h3-6,9-13,15,18H,7-8,14H2,1-2H3,(H2,32,35). The number of halogens is 3. The lowest BCUT2D eigenvalue weighted by molar-refractivity contribution is -0.212. The van der Waals surface area contributed by atoms with Gasteiger partial charge in [-0.3, -0.25) is 19.3 Å². The zero-order valence-electron chi connectivity index (χ0n) is 22.1. The van der Waals surface area contributed by atoms with Gasteiger partial charge in [0.15, 0.2) is 0 Å². The molecule has 10 nitrogen and oxygen atoms in total. The molecule has 0 spiro atoms. The highest BCUT2D eigenvalue weighted by atomic mass is 19.4. The summed E-state index contributed by atoms with van der Waals surface area (Å²) in [5, 5.41) is 11.8. The third-order valence-corrected chi connectivity index (χ3v) is 7.26. The average Bonchev–Trinajstić information content (AvgIpc) is 3.53. The van der Waals surface area contributed by atoms with Gasteiger partial charge in [0.1, 0.15) is 5.82 Å². The lowest BCUT2D eigenvalue weighted by Gasteiger charge is -2.32. The number of nitrogens with two attached hydrogens (primary N) is 1. The molecular formula is C28H25F3N8O2. The summed E-state index contributed by atoms with van der Waals surface area (Å²) >= 11 is 0. The number of aromatic nitrogens is 5. The molecule has 2 aromatic carbocycles. The van der Waals surface area contributed by atoms with Gasteiger partial charge in [-0.25, -0.2) is 9.99 Å². The molecule has 2 N–H and O–H groups in total. The molecule has 1 fully saturated rings. The first-order valence-corrected chi connectivity index (χ1v) is 12.8. The van der Waals surface area contributed by atoms with Crippen LogP contribution in [0.1, 0.15) is 28.8 Å². The van der Waals surface area contributed by atoms with Crippen LogP contribution in [-0.4, -0.2) is 53.4 Å². The van der Waals surface area contributed by atoms with Crippen molar-refractivity contribution in [3.05, 3.63) is 72.2 Å². The highest BCUT2D eigenvalue weighted by Crippen LogP contribution is 2.33. The van der Waals surface area contributed by atoms with E-state index >= 15 is 0 Å². The number of benzene rings is 2. The molecule has 2 amide bonds. The molecule has 0 unspecified atom stereocenters. The molecule has 0 aliphatic heterocycles. The van der Waals surface area contributed by atoms with Gasteiger partial charge < -0.3 is 5.73 Å². The molecular weight excluding hydrogens is 537 g/mol. The topological polar surface area (TPSA) is 115 Å². The van der Waals surface area contributed by atoms with Gasteiger partial charge in [0, 0.05) is 42.7 Å². The Morgan fingerprint density at radius 3 is 2.41 bits per heavy atom. The number of hydrazine groups is 1. The second-order valence-corrected chi connectivity index (χ2v) is 10.1. The Morgan fingerprint density at radius 2 is 1.76 bits per heavy atom. The number of aryl methyl sites for hydroxylation is 1. The van der Waals surface area contributed by atoms with E-state index < -0.39 is 12.2 Å². The van der Waals surface area contributed by atoms with Gasteiger partial charge in [0.05, 0.1) is 35.4 Å². The Bertz CT molecular complexity index is 1810. The number of nitrogen functional groups attached to an aromatic ring is 1. The quantitative estimate of drug-likeness (QED) is 0.316. The number of carbonyl (C=O) groups is 2. The van der Waals surface area contributed by atoms with Gasteiger partial charge in [0.2, 0.25) is 5.91 Å². The maximum Gasteiger partial charge on any atom is 0.504 e. The minimum atomic E-state index is -4.61. The van der Waals surface area contributed by atoms with Crippen molar-refractivity contribution in [2.75, 3.05) is 12.8 Å². The van der Waals surface area contributed by atoms with E-state index in [1.54, 1.807) is 67.4 Å². The van der Waals surface area contributed by atoms with Crippen LogP contribution in [-0.2, 0) is 24.7 Å². The Morgan fingerprint density at radius 1 is 1.02 bits per heavy atom. The van der Waals surface area contributed by atoms with Crippen LogP contribution < -0.4 is 5.73 Å². The van der Waals surface area contributed by atoms with Gasteiger partial charge in [-0.05, 0) is 42.2 Å². The van der Waals surface area contributed by atoms with E-state index in [1.165, 1.54) is 10.0 Å². The van der Waals surface area contributed by atoms with Crippen molar-refractivity contribution < 1.29 is 22.8 Å². The third kappa shape index (κ3) is 4.83. The largest absolute Gasteiger partial charge is 0.504 e. The number of rotatable bonds is 5. The first-order chi connectivity index (χ1) is 19.5. The number of anilines is 1. The van der Waals surface area contributed by atoms with E-state index in [0.717, 1.165) is 30.8 Å². The maximum atomic E-state index is 13.9. The summed E-state index contributed by atoms with van der Waals surface area (Å²) in [4.78, 5) is 31.4. The third-order valence-electron chi connectivity index (χ3n) is 7.26. The van der Waals surface area contributed by atoms with Crippen LogP contribution in [0.25, 0.3) is 32.9 Å². The molecule has 1 aliphatic rings. The van der Waals surface area contributed by atoms with Gasteiger partial charge in [-0.1, -0.05) is 24.3 Å². The van der Waals surface area contributed by atoms with Crippen LogP contribution in [0.5, 0.6) is 0 Å². The fourth-order valence-electron chi connectivity index (χ4n) is 4.85. The van der Waals surface area contributed by atoms with Crippen LogP contribution in [0.2, 0.25) is 0 Å². The molecule has 0 radical (unpaired) electrons. The smallest absolute Gasteiger partial charge is 0.383 e. The first kappa shape index (κ1) is 26.3. The molecule has 0 saturated heterocycles. The molecule has 3 heterocycles. The molecule has 210 valence electrons. The van der Waals surface area contributed by atoms with E-state index in [2.05, 4.69) is 15.2 Å². The van der Waals surface area contributed by atoms with Gasteiger partial charge in [0.25, 0.3) is 5.91 Å². The van der Waals surface area contributed by atoms with E-state index in [-0.39, 0.29) is 23.1 Å². The Balaban J connectivity index is 1.33. The summed E-state index contributed by atoms with van der Waals surface area (Å²) in [5.41, 5.74) is 9.31. The minimum Gasteiger partial charge on any atom is -0.383 e. The second-order valence-electron chi connectivity index (χ2n) is 10.1. The SMILES string of the molecule is CN(C(=O)C1CC1)N(Cc1ccc(-c2cnn(C(F)(F)F)c2)cc1)C(=O)c1ccc2nc(N)c3cnn(C)c3c2c1. The fraction of sp³-hybridized carbons (Fsp3) is 0.250. The number of nitrogens with zero attached hydrogens (tertiary/aromatic N) is 7. The van der Waals surface area contributed by atoms with E-state index in [1.807, 2.05) is 0 Å². The first-order valence-electron chi connectivity index (χ1n) is 12.8. The molecule has 5 aromatic rings. The van der Waals surface area contributed by atoms with Crippen molar-refractivity contribution in [3.8, 4) is 11.1 Å². The maximum absolute atomic E-state index is 13.9. The number of alkyl halides is 3. The average molecular weight is 563 g/mol. The van der Waals surface area contributed by atoms with Gasteiger partial charge in [-0.15, -0.1) is 13.2 Å². The van der Waals surface area contributed by atoms with Crippen molar-refractivity contribution >= 4 is 39.4 Å². The molecule has 0 atom stereocenters. The zero-order chi connectivity index (χ0) is 29.1. The van der Waals surface area contributed by atoms with Crippen molar-refractivity contribution in [1.29, 1.82) is 0 Å². The molecule has 1 aliphatic carbocycles. The van der Waals surface area contributed by atoms with Crippen LogP contribution in [0, 0.1) is 5.92 Å². The number of pyridine rings is 1. The predicted molar refractivity (Wildman–Crippen MR) is 145 cm³/mol. The normalized spacial score (nSPS) is 13.6. The molecule has 6 rings (SSSR count). The molecule has 3 aromatic heterocycles. The van der Waals surface area contributed by atoms with Crippen molar-refractivity contribution in [2.45, 2.75) is 25.7 Å². The lowest BCUT2D eigenvalue weighted by atomic mass is 10.1. The Hall–Kier alpha value is -4.94. The summed E-state index contributed by atoms with van der Waals surface area (Å²) in [6.07, 6.45) is 0.611. The highest BCUT2D eigenvalue weighted by Gasteiger charge is 2.36. The summed E-state index contributed by atoms with van der Waals surface area (Å²) < 4.78 is 40.4. The van der Waals surface area contributed by atoms with Crippen molar-refractivity contribution in [1.82, 2.24) is 34.6 Å². The summed E-state index contributed by atoms with van der Waals surface area (Å²) in [6.45, 7) is 0.0645. The number of carbonyl (C=O) groups excluding carboxylic acids is 2. The number of fused-ring (bicyclic) bond motifs is 3. The second kappa shape index (κ2) is 9.61. The monoisotopic (exact) mass is 562 g/mol. The summed E-state index contributed by atoms with van der Waals surface area (Å²) in [7, 11) is 3.35. The van der Waals surface area contributed by atoms with E-state index in [9.17, 15) is 22.8 Å². The van der Waals surface area contributed by atoms with E-state index in [0.29, 0.717) is 44.4 Å². The van der Waals surface area contributed by atoms with Crippen molar-refractivity contribution in [3.63, 3.8) is 0 Å². The minimum absolute atomic E-state index is 0.0538. The van der Waals surface area contributed by atoms with Gasteiger partial charge >= 0.3 is 6.30 Å². The van der Waals surface area contributed by atoms with Crippen LogP contribution in [0.4, 0.5) is 19.0 Å². The number of hydrogen-bond acceptors (Lipinski definition) is 6. The van der Waals surface area contributed by atoms with Crippen LogP contribution in [0.3, 0.4) is 0 Å². The number of hydrogen-bond donors (Lipinski definition) is 1. The molecule has 41 heavy (non-hydrogen) atoms. The zero-order valence-corrected chi connectivity index (χ0v) is 22.1. The molecule has 1 saturated carbocycles. The predicted octanol–water partition coefficient (Wildman–Crippen LogP) is 4.47. The highest BCUT2D eigenvalue weighted by molar-refractivity contribution is 6.10. The van der Waals surface area contributed by atoms with E-state index in [4.69, 9.17) is 5.73 Å². The van der Waals surface area contributed by atoms with Crippen LogP contribution in [0.15, 0.2) is 61.1 Å². The van der Waals surface area contributed by atoms with Crippen molar-refractivity contribution in [2.24, 2.45) is 13.0 Å². The summed E-state index contributed by atoms with van der Waals surface area (Å²) in [6, 6.07) is 11.8. The summed E-state index contributed by atoms with van der Waals surface area (Å²) in [5.74, 6) is -0.337. The molecule has 13 heteroatoms. The van der Waals surface area contributed by atoms with Crippen LogP contribution >= 0.6 is 0 Å². The molecule has 0 bridgehead atoms. The lowest BCUT2D eigenvalue weighted by Crippen LogP contribution is -2.47. The number of amides is 2. The Labute approximate surface area is 231 Å². The Kier molecular flexibility index (Phi) is 6.16. The fourth-order valence-corrected chi connectivity index (χ4v) is 4.85.